The van der Waals surface area contributed by atoms with Gasteiger partial charge in [0, 0.05) is 18.8 Å². The first-order chi connectivity index (χ1) is 10.6. The predicted octanol–water partition coefficient (Wildman–Crippen LogP) is 3.33. The van der Waals surface area contributed by atoms with Crippen LogP contribution in [0, 0.1) is 11.3 Å². The minimum absolute atomic E-state index is 0.162. The first-order valence-electron chi connectivity index (χ1n) is 6.80. The average Bonchev–Trinajstić information content (AvgIpc) is 2.81. The van der Waals surface area contributed by atoms with Crippen LogP contribution >= 0.6 is 27.3 Å². The lowest BCUT2D eigenvalue weighted by molar-refractivity contribution is -0.146. The molecule has 1 heterocycles. The summed E-state index contributed by atoms with van der Waals surface area (Å²) in [5.74, 6) is -0.569. The molecule has 1 rings (SSSR count). The molecule has 0 aliphatic rings. The number of rotatable bonds is 4. The average molecular weight is 403 g/mol. The van der Waals surface area contributed by atoms with E-state index in [2.05, 4.69) is 22.0 Å². The third-order valence-electron chi connectivity index (χ3n) is 2.98. The molecule has 126 valence electrons. The quantitative estimate of drug-likeness (QED) is 0.721. The third kappa shape index (κ3) is 5.22. The number of likely N-dealkylation sites (N-methyl/N-ethyl adjacent to an activating group) is 1. The first-order valence-corrected chi connectivity index (χ1v) is 8.47. The number of hydrogen-bond donors (Lipinski definition) is 0. The van der Waals surface area contributed by atoms with Crippen molar-refractivity contribution in [1.82, 2.24) is 4.90 Å². The van der Waals surface area contributed by atoms with Crippen LogP contribution in [-0.4, -0.2) is 42.8 Å². The molecule has 8 heteroatoms. The Balaban J connectivity index is 3.06. The van der Waals surface area contributed by atoms with Crippen molar-refractivity contribution < 1.29 is 19.1 Å². The highest BCUT2D eigenvalue weighted by Gasteiger charge is 2.32. The second-order valence-corrected chi connectivity index (χ2v) is 8.05. The van der Waals surface area contributed by atoms with Crippen molar-refractivity contribution >= 4 is 39.3 Å². The van der Waals surface area contributed by atoms with Crippen LogP contribution in [0.5, 0.6) is 0 Å². The Bertz CT molecular complexity index is 630. The van der Waals surface area contributed by atoms with Gasteiger partial charge in [-0.25, -0.2) is 9.59 Å². The van der Waals surface area contributed by atoms with Crippen LogP contribution in [0.3, 0.4) is 0 Å². The van der Waals surface area contributed by atoms with Crippen LogP contribution in [0.15, 0.2) is 9.17 Å². The van der Waals surface area contributed by atoms with Crippen LogP contribution < -0.4 is 0 Å². The lowest BCUT2D eigenvalue weighted by Gasteiger charge is -2.29. The van der Waals surface area contributed by atoms with Crippen molar-refractivity contribution in [2.45, 2.75) is 38.8 Å². The second kappa shape index (κ2) is 7.79. The van der Waals surface area contributed by atoms with E-state index in [1.54, 1.807) is 26.2 Å². The zero-order valence-corrected chi connectivity index (χ0v) is 16.1. The zero-order valence-electron chi connectivity index (χ0n) is 13.7. The van der Waals surface area contributed by atoms with Crippen molar-refractivity contribution in [3.05, 3.63) is 20.3 Å². The van der Waals surface area contributed by atoms with E-state index in [-0.39, 0.29) is 6.42 Å². The van der Waals surface area contributed by atoms with E-state index in [9.17, 15) is 9.59 Å². The summed E-state index contributed by atoms with van der Waals surface area (Å²) < 4.78 is 10.8. The minimum atomic E-state index is -0.882. The number of methoxy groups -OCH3 is 1. The van der Waals surface area contributed by atoms with Crippen molar-refractivity contribution in [3.63, 3.8) is 0 Å². The van der Waals surface area contributed by atoms with Gasteiger partial charge in [-0.1, -0.05) is 0 Å². The van der Waals surface area contributed by atoms with Gasteiger partial charge in [0.25, 0.3) is 0 Å². The SMILES string of the molecule is COC(=O)C(Cc1c(C#N)csc1Br)N(C)C(=O)OC(C)(C)C. The van der Waals surface area contributed by atoms with Gasteiger partial charge < -0.3 is 9.47 Å². The summed E-state index contributed by atoms with van der Waals surface area (Å²) in [6.45, 7) is 5.24. The molecule has 1 aromatic heterocycles. The number of nitriles is 1. The molecule has 0 aromatic carbocycles. The molecule has 0 fully saturated rings. The van der Waals surface area contributed by atoms with Crippen molar-refractivity contribution in [3.8, 4) is 6.07 Å². The Labute approximate surface area is 148 Å². The number of halogens is 1. The van der Waals surface area contributed by atoms with Crippen molar-refractivity contribution in [2.24, 2.45) is 0 Å². The van der Waals surface area contributed by atoms with E-state index in [1.165, 1.54) is 30.4 Å². The lowest BCUT2D eigenvalue weighted by Crippen LogP contribution is -2.46. The normalized spacial score (nSPS) is 12.2. The fourth-order valence-electron chi connectivity index (χ4n) is 1.81. The topological polar surface area (TPSA) is 79.6 Å². The van der Waals surface area contributed by atoms with E-state index < -0.39 is 23.7 Å². The van der Waals surface area contributed by atoms with Crippen molar-refractivity contribution in [2.75, 3.05) is 14.2 Å². The number of carbonyl (C=O) groups excluding carboxylic acids is 2. The highest BCUT2D eigenvalue weighted by atomic mass is 79.9. The Morgan fingerprint density at radius 1 is 1.48 bits per heavy atom. The zero-order chi connectivity index (χ0) is 17.8. The molecular formula is C15H19BrN2O4S. The summed E-state index contributed by atoms with van der Waals surface area (Å²) in [5, 5.41) is 10.9. The summed E-state index contributed by atoms with van der Waals surface area (Å²) >= 11 is 4.73. The van der Waals surface area contributed by atoms with Gasteiger partial charge in [0.05, 0.1) is 16.5 Å². The van der Waals surface area contributed by atoms with Gasteiger partial charge in [0.15, 0.2) is 0 Å². The van der Waals surface area contributed by atoms with Gasteiger partial charge in [-0.05, 0) is 42.3 Å². The smallest absolute Gasteiger partial charge is 0.410 e. The molecule has 1 amide bonds. The molecule has 0 bridgehead atoms. The fraction of sp³-hybridized carbons (Fsp3) is 0.533. The van der Waals surface area contributed by atoms with Crippen LogP contribution in [0.1, 0.15) is 31.9 Å². The maximum absolute atomic E-state index is 12.2. The van der Waals surface area contributed by atoms with Crippen LogP contribution in [0.2, 0.25) is 0 Å². The van der Waals surface area contributed by atoms with Crippen LogP contribution in [0.25, 0.3) is 0 Å². The number of thiophene rings is 1. The number of esters is 1. The maximum Gasteiger partial charge on any atom is 0.410 e. The lowest BCUT2D eigenvalue weighted by atomic mass is 10.0. The Kier molecular flexibility index (Phi) is 6.59. The largest absolute Gasteiger partial charge is 0.467 e. The maximum atomic E-state index is 12.2. The molecule has 23 heavy (non-hydrogen) atoms. The summed E-state index contributed by atoms with van der Waals surface area (Å²) in [4.78, 5) is 25.5. The number of hydrogen-bond acceptors (Lipinski definition) is 6. The molecule has 0 saturated heterocycles. The molecule has 0 aliphatic heterocycles. The monoisotopic (exact) mass is 402 g/mol. The van der Waals surface area contributed by atoms with E-state index in [0.717, 1.165) is 3.79 Å². The molecule has 1 unspecified atom stereocenters. The van der Waals surface area contributed by atoms with Crippen LogP contribution in [-0.2, 0) is 20.7 Å². The Morgan fingerprint density at radius 2 is 2.09 bits per heavy atom. The molecule has 1 aromatic rings. The number of carbonyl (C=O) groups is 2. The molecule has 0 aliphatic carbocycles. The molecule has 6 nitrogen and oxygen atoms in total. The first kappa shape index (κ1) is 19.5. The highest BCUT2D eigenvalue weighted by molar-refractivity contribution is 9.11. The van der Waals surface area contributed by atoms with E-state index in [4.69, 9.17) is 14.7 Å². The highest BCUT2D eigenvalue weighted by Crippen LogP contribution is 2.30. The summed E-state index contributed by atoms with van der Waals surface area (Å²) in [5.41, 5.74) is 0.462. The fourth-order valence-corrected chi connectivity index (χ4v) is 3.22. The molecule has 0 radical (unpaired) electrons. The number of ether oxygens (including phenoxy) is 2. The molecule has 0 spiro atoms. The molecule has 1 atom stereocenters. The second-order valence-electron chi connectivity index (χ2n) is 5.85. The van der Waals surface area contributed by atoms with Crippen molar-refractivity contribution in [1.29, 1.82) is 5.26 Å². The summed E-state index contributed by atoms with van der Waals surface area (Å²) in [7, 11) is 2.73. The van der Waals surface area contributed by atoms with E-state index >= 15 is 0 Å². The van der Waals surface area contributed by atoms with Gasteiger partial charge in [0.2, 0.25) is 0 Å². The Hall–Kier alpha value is -1.59. The number of amides is 1. The standard InChI is InChI=1S/C15H19BrN2O4S/c1-15(2,3)22-14(20)18(4)11(13(19)21-5)6-10-9(7-17)8-23-12(10)16/h8,11H,6H2,1-5H3. The summed E-state index contributed by atoms with van der Waals surface area (Å²) in [6, 6.07) is 1.20. The van der Waals surface area contributed by atoms with Gasteiger partial charge in [-0.15, -0.1) is 11.3 Å². The molecule has 0 N–H and O–H groups in total. The summed E-state index contributed by atoms with van der Waals surface area (Å²) in [6.07, 6.45) is -0.465. The van der Waals surface area contributed by atoms with Gasteiger partial charge in [-0.3, -0.25) is 4.90 Å². The number of nitrogens with zero attached hydrogens (tertiary/aromatic N) is 2. The molecular weight excluding hydrogens is 384 g/mol. The van der Waals surface area contributed by atoms with E-state index in [0.29, 0.717) is 11.1 Å². The predicted molar refractivity (Wildman–Crippen MR) is 90.2 cm³/mol. The van der Waals surface area contributed by atoms with E-state index in [1.807, 2.05) is 0 Å². The molecule has 0 saturated carbocycles. The van der Waals surface area contributed by atoms with Gasteiger partial charge in [-0.2, -0.15) is 5.26 Å². The van der Waals surface area contributed by atoms with Gasteiger partial charge in [0.1, 0.15) is 17.7 Å². The van der Waals surface area contributed by atoms with Crippen LogP contribution in [0.4, 0.5) is 4.79 Å². The Morgan fingerprint density at radius 3 is 2.57 bits per heavy atom. The minimum Gasteiger partial charge on any atom is -0.467 e. The van der Waals surface area contributed by atoms with Gasteiger partial charge >= 0.3 is 12.1 Å². The third-order valence-corrected chi connectivity index (χ3v) is 4.83.